The average molecular weight is 229 g/mol. The smallest absolute Gasteiger partial charge is 0.341 e. The fraction of sp³-hybridized carbons (Fsp3) is 0.364. The summed E-state index contributed by atoms with van der Waals surface area (Å²) in [7, 11) is 1.27. The average Bonchev–Trinajstić information content (AvgIpc) is 2.23. The van der Waals surface area contributed by atoms with E-state index in [9.17, 15) is 9.90 Å². The van der Waals surface area contributed by atoms with E-state index in [1.54, 1.807) is 13.0 Å². The van der Waals surface area contributed by atoms with Crippen LogP contribution in [0.1, 0.15) is 28.4 Å². The minimum absolute atomic E-state index is 0.0359. The molecule has 0 saturated heterocycles. The summed E-state index contributed by atoms with van der Waals surface area (Å²) in [6.07, 6.45) is 0.607. The molecule has 0 amide bonds. The minimum Gasteiger partial charge on any atom is -0.507 e. The lowest BCUT2D eigenvalue weighted by Gasteiger charge is -2.11. The molecule has 0 aliphatic heterocycles. The van der Waals surface area contributed by atoms with Crippen molar-refractivity contribution in [2.24, 2.45) is 0 Å². The van der Waals surface area contributed by atoms with Gasteiger partial charge < -0.3 is 9.84 Å². The SMILES string of the molecule is CCc1cc(Cl)c(C)c(C(=O)OC)c1O. The van der Waals surface area contributed by atoms with Gasteiger partial charge in [0.15, 0.2) is 0 Å². The fourth-order valence-corrected chi connectivity index (χ4v) is 1.63. The number of esters is 1. The third-order valence-corrected chi connectivity index (χ3v) is 2.74. The lowest BCUT2D eigenvalue weighted by atomic mass is 10.0. The molecular weight excluding hydrogens is 216 g/mol. The van der Waals surface area contributed by atoms with E-state index in [1.165, 1.54) is 7.11 Å². The van der Waals surface area contributed by atoms with E-state index in [0.717, 1.165) is 0 Å². The third-order valence-electron chi connectivity index (χ3n) is 2.35. The number of hydrogen-bond acceptors (Lipinski definition) is 3. The van der Waals surface area contributed by atoms with Crippen LogP contribution in [0.15, 0.2) is 6.07 Å². The fourth-order valence-electron chi connectivity index (χ4n) is 1.41. The van der Waals surface area contributed by atoms with E-state index < -0.39 is 5.97 Å². The van der Waals surface area contributed by atoms with Gasteiger partial charge in [-0.1, -0.05) is 18.5 Å². The van der Waals surface area contributed by atoms with Gasteiger partial charge in [-0.2, -0.15) is 0 Å². The van der Waals surface area contributed by atoms with Gasteiger partial charge in [0.25, 0.3) is 0 Å². The predicted molar refractivity (Wildman–Crippen MR) is 58.6 cm³/mol. The second kappa shape index (κ2) is 4.53. The highest BCUT2D eigenvalue weighted by atomic mass is 35.5. The number of phenols is 1. The molecule has 0 saturated carbocycles. The van der Waals surface area contributed by atoms with Gasteiger partial charge in [-0.15, -0.1) is 0 Å². The molecule has 1 aromatic carbocycles. The molecule has 1 N–H and O–H groups in total. The molecular formula is C11H13ClO3. The molecule has 3 nitrogen and oxygen atoms in total. The van der Waals surface area contributed by atoms with Gasteiger partial charge in [0.2, 0.25) is 0 Å². The number of aromatic hydroxyl groups is 1. The number of methoxy groups -OCH3 is 1. The Morgan fingerprint density at radius 1 is 1.60 bits per heavy atom. The Morgan fingerprint density at radius 3 is 2.67 bits per heavy atom. The molecule has 0 fully saturated rings. The number of halogens is 1. The van der Waals surface area contributed by atoms with E-state index in [1.807, 2.05) is 6.92 Å². The van der Waals surface area contributed by atoms with Crippen molar-refractivity contribution < 1.29 is 14.6 Å². The predicted octanol–water partition coefficient (Wildman–Crippen LogP) is 2.70. The van der Waals surface area contributed by atoms with Crippen LogP contribution in [0.5, 0.6) is 5.75 Å². The molecule has 0 atom stereocenters. The number of hydrogen-bond donors (Lipinski definition) is 1. The van der Waals surface area contributed by atoms with Crippen molar-refractivity contribution in [1.29, 1.82) is 0 Å². The molecule has 4 heteroatoms. The second-order valence-corrected chi connectivity index (χ2v) is 3.62. The number of aryl methyl sites for hydroxylation is 1. The van der Waals surface area contributed by atoms with E-state index in [-0.39, 0.29) is 11.3 Å². The quantitative estimate of drug-likeness (QED) is 0.792. The highest BCUT2D eigenvalue weighted by Crippen LogP contribution is 2.32. The molecule has 0 aliphatic rings. The van der Waals surface area contributed by atoms with Crippen molar-refractivity contribution in [2.45, 2.75) is 20.3 Å². The summed E-state index contributed by atoms with van der Waals surface area (Å²) in [5.74, 6) is -0.603. The molecule has 82 valence electrons. The van der Waals surface area contributed by atoms with E-state index in [2.05, 4.69) is 4.74 Å². The zero-order chi connectivity index (χ0) is 11.6. The van der Waals surface area contributed by atoms with Crippen LogP contribution in [0, 0.1) is 6.92 Å². The first-order valence-electron chi connectivity index (χ1n) is 4.62. The number of carbonyl (C=O) groups is 1. The Balaban J connectivity index is 3.47. The Kier molecular flexibility index (Phi) is 3.58. The zero-order valence-electron chi connectivity index (χ0n) is 8.93. The van der Waals surface area contributed by atoms with Crippen LogP contribution in [0.25, 0.3) is 0 Å². The van der Waals surface area contributed by atoms with Crippen LogP contribution in [0.4, 0.5) is 0 Å². The molecule has 0 aliphatic carbocycles. The minimum atomic E-state index is -0.567. The number of ether oxygens (including phenoxy) is 1. The maximum atomic E-state index is 11.4. The first kappa shape index (κ1) is 11.9. The summed E-state index contributed by atoms with van der Waals surface area (Å²) >= 11 is 5.95. The number of rotatable bonds is 2. The van der Waals surface area contributed by atoms with Crippen molar-refractivity contribution in [3.63, 3.8) is 0 Å². The third kappa shape index (κ3) is 2.07. The van der Waals surface area contributed by atoms with E-state index in [4.69, 9.17) is 11.6 Å². The van der Waals surface area contributed by atoms with Gasteiger partial charge in [0.05, 0.1) is 7.11 Å². The highest BCUT2D eigenvalue weighted by molar-refractivity contribution is 6.32. The Labute approximate surface area is 93.6 Å². The molecule has 1 aromatic rings. The Bertz CT molecular complexity index is 399. The van der Waals surface area contributed by atoms with Crippen LogP contribution < -0.4 is 0 Å². The Morgan fingerprint density at radius 2 is 2.20 bits per heavy atom. The first-order valence-corrected chi connectivity index (χ1v) is 5.00. The lowest BCUT2D eigenvalue weighted by Crippen LogP contribution is -2.06. The topological polar surface area (TPSA) is 46.5 Å². The molecule has 0 aromatic heterocycles. The number of phenolic OH excluding ortho intramolecular Hbond substituents is 1. The monoisotopic (exact) mass is 228 g/mol. The van der Waals surface area contributed by atoms with Gasteiger partial charge in [-0.3, -0.25) is 0 Å². The van der Waals surface area contributed by atoms with Gasteiger partial charge in [0.1, 0.15) is 11.3 Å². The van der Waals surface area contributed by atoms with Crippen molar-refractivity contribution in [1.82, 2.24) is 0 Å². The van der Waals surface area contributed by atoms with E-state index >= 15 is 0 Å². The Hall–Kier alpha value is -1.22. The molecule has 0 spiro atoms. The molecule has 0 radical (unpaired) electrons. The summed E-state index contributed by atoms with van der Waals surface area (Å²) in [5.41, 5.74) is 1.34. The molecule has 0 bridgehead atoms. The largest absolute Gasteiger partial charge is 0.507 e. The summed E-state index contributed by atoms with van der Waals surface area (Å²) < 4.78 is 4.59. The number of benzene rings is 1. The lowest BCUT2D eigenvalue weighted by molar-refractivity contribution is 0.0596. The van der Waals surface area contributed by atoms with Gasteiger partial charge in [-0.25, -0.2) is 4.79 Å². The summed E-state index contributed by atoms with van der Waals surface area (Å²) in [4.78, 5) is 11.4. The highest BCUT2D eigenvalue weighted by Gasteiger charge is 2.19. The van der Waals surface area contributed by atoms with Crippen LogP contribution in [0.3, 0.4) is 0 Å². The van der Waals surface area contributed by atoms with Gasteiger partial charge in [-0.05, 0) is 30.5 Å². The molecule has 0 heterocycles. The number of carbonyl (C=O) groups excluding carboxylic acids is 1. The molecule has 15 heavy (non-hydrogen) atoms. The maximum Gasteiger partial charge on any atom is 0.341 e. The van der Waals surface area contributed by atoms with E-state index in [0.29, 0.717) is 22.6 Å². The summed E-state index contributed by atoms with van der Waals surface area (Å²) in [6.45, 7) is 3.55. The van der Waals surface area contributed by atoms with Crippen molar-refractivity contribution in [2.75, 3.05) is 7.11 Å². The first-order chi connectivity index (χ1) is 7.02. The van der Waals surface area contributed by atoms with Crippen molar-refractivity contribution in [3.05, 3.63) is 27.8 Å². The van der Waals surface area contributed by atoms with Gasteiger partial charge >= 0.3 is 5.97 Å². The van der Waals surface area contributed by atoms with Gasteiger partial charge in [0, 0.05) is 5.02 Å². The summed E-state index contributed by atoms with van der Waals surface area (Å²) in [5, 5.41) is 10.3. The standard InChI is InChI=1S/C11H13ClO3/c1-4-7-5-8(12)6(2)9(10(7)13)11(14)15-3/h5,13H,4H2,1-3H3. The normalized spacial score (nSPS) is 10.1. The second-order valence-electron chi connectivity index (χ2n) is 3.21. The molecule has 0 unspecified atom stereocenters. The van der Waals surface area contributed by atoms with Crippen molar-refractivity contribution >= 4 is 17.6 Å². The van der Waals surface area contributed by atoms with Crippen LogP contribution in [0.2, 0.25) is 5.02 Å². The summed E-state index contributed by atoms with van der Waals surface area (Å²) in [6, 6.07) is 1.67. The maximum absolute atomic E-state index is 11.4. The van der Waals surface area contributed by atoms with Crippen molar-refractivity contribution in [3.8, 4) is 5.75 Å². The zero-order valence-corrected chi connectivity index (χ0v) is 9.68. The van der Waals surface area contributed by atoms with Crippen LogP contribution in [-0.4, -0.2) is 18.2 Å². The van der Waals surface area contributed by atoms with Crippen LogP contribution >= 0.6 is 11.6 Å². The van der Waals surface area contributed by atoms with Crippen LogP contribution in [-0.2, 0) is 11.2 Å². The molecule has 1 rings (SSSR count).